The summed E-state index contributed by atoms with van der Waals surface area (Å²) in [6.45, 7) is 3.38. The molecule has 1 fully saturated rings. The van der Waals surface area contributed by atoms with Crippen molar-refractivity contribution < 1.29 is 9.18 Å². The molecule has 3 rings (SSSR count). The van der Waals surface area contributed by atoms with E-state index in [1.165, 1.54) is 12.5 Å². The fraction of sp³-hybridized carbons (Fsp3) is 0.375. The summed E-state index contributed by atoms with van der Waals surface area (Å²) < 4.78 is 14.0. The van der Waals surface area contributed by atoms with E-state index in [4.69, 9.17) is 0 Å². The number of aromatic amines is 1. The Morgan fingerprint density at radius 2 is 2.05 bits per heavy atom. The summed E-state index contributed by atoms with van der Waals surface area (Å²) in [5, 5.41) is 0. The van der Waals surface area contributed by atoms with E-state index in [2.05, 4.69) is 9.97 Å². The Kier molecular flexibility index (Phi) is 3.73. The van der Waals surface area contributed by atoms with Crippen molar-refractivity contribution in [2.24, 2.45) is 0 Å². The number of carbonyl (C=O) groups excluding carboxylic acids is 1. The molecule has 4 nitrogen and oxygen atoms in total. The van der Waals surface area contributed by atoms with Crippen LogP contribution in [-0.2, 0) is 0 Å². The third-order valence-electron chi connectivity index (χ3n) is 3.85. The molecule has 2 aromatic rings. The van der Waals surface area contributed by atoms with Gasteiger partial charge in [-0.2, -0.15) is 0 Å². The zero-order chi connectivity index (χ0) is 14.8. The first-order valence-electron chi connectivity index (χ1n) is 7.26. The Bertz CT molecular complexity index is 659. The highest BCUT2D eigenvalue weighted by Gasteiger charge is 2.19. The average Bonchev–Trinajstić information content (AvgIpc) is 2.94. The summed E-state index contributed by atoms with van der Waals surface area (Å²) in [5.74, 6) is 0.346. The van der Waals surface area contributed by atoms with Gasteiger partial charge in [-0.15, -0.1) is 0 Å². The monoisotopic (exact) mass is 287 g/mol. The number of aryl methyl sites for hydroxylation is 1. The minimum absolute atomic E-state index is 0.0211. The van der Waals surface area contributed by atoms with Crippen LogP contribution in [0, 0.1) is 12.7 Å². The molecule has 1 aromatic heterocycles. The lowest BCUT2D eigenvalue weighted by Gasteiger charge is -2.26. The molecule has 1 aliphatic rings. The van der Waals surface area contributed by atoms with Gasteiger partial charge in [-0.05, 0) is 44.4 Å². The lowest BCUT2D eigenvalue weighted by molar-refractivity contribution is 0.0724. The van der Waals surface area contributed by atoms with E-state index >= 15 is 0 Å². The minimum atomic E-state index is -0.353. The molecule has 0 spiro atoms. The number of aromatic nitrogens is 2. The van der Waals surface area contributed by atoms with Gasteiger partial charge < -0.3 is 9.88 Å². The maximum atomic E-state index is 14.0. The molecule has 0 atom stereocenters. The molecule has 1 N–H and O–H groups in total. The first-order valence-corrected chi connectivity index (χ1v) is 7.26. The summed E-state index contributed by atoms with van der Waals surface area (Å²) in [5.41, 5.74) is 1.51. The van der Waals surface area contributed by atoms with Gasteiger partial charge in [0.1, 0.15) is 11.6 Å². The zero-order valence-corrected chi connectivity index (χ0v) is 12.0. The van der Waals surface area contributed by atoms with Crippen molar-refractivity contribution >= 4 is 5.91 Å². The van der Waals surface area contributed by atoms with Gasteiger partial charge in [-0.1, -0.05) is 0 Å². The molecule has 0 bridgehead atoms. The van der Waals surface area contributed by atoms with E-state index in [0.29, 0.717) is 16.8 Å². The first kappa shape index (κ1) is 13.8. The number of nitrogens with zero attached hydrogens (tertiary/aromatic N) is 2. The minimum Gasteiger partial charge on any atom is -0.342 e. The molecule has 21 heavy (non-hydrogen) atoms. The summed E-state index contributed by atoms with van der Waals surface area (Å²) in [7, 11) is 0. The molecule has 1 aromatic carbocycles. The fourth-order valence-electron chi connectivity index (χ4n) is 2.70. The van der Waals surface area contributed by atoms with Crippen molar-refractivity contribution in [3.63, 3.8) is 0 Å². The van der Waals surface area contributed by atoms with Crippen LogP contribution >= 0.6 is 0 Å². The Balaban J connectivity index is 1.91. The highest BCUT2D eigenvalue weighted by molar-refractivity contribution is 5.95. The third-order valence-corrected chi connectivity index (χ3v) is 3.85. The predicted octanol–water partition coefficient (Wildman–Crippen LogP) is 3.15. The van der Waals surface area contributed by atoms with Crippen molar-refractivity contribution in [3.8, 4) is 11.3 Å². The lowest BCUT2D eigenvalue weighted by Crippen LogP contribution is -2.35. The van der Waals surface area contributed by atoms with Crippen molar-refractivity contribution in [3.05, 3.63) is 41.6 Å². The van der Waals surface area contributed by atoms with Gasteiger partial charge in [0.15, 0.2) is 0 Å². The predicted molar refractivity (Wildman–Crippen MR) is 78.5 cm³/mol. The number of amides is 1. The molecule has 1 saturated heterocycles. The largest absolute Gasteiger partial charge is 0.342 e. The standard InChI is InChI=1S/C16H18FN3O/c1-11-18-10-15(19-11)13-9-12(5-6-14(13)17)16(21)20-7-3-2-4-8-20/h5-6,9-10H,2-4,7-8H2,1H3,(H,18,19). The van der Waals surface area contributed by atoms with Gasteiger partial charge in [-0.25, -0.2) is 9.37 Å². The van der Waals surface area contributed by atoms with Crippen LogP contribution in [0.2, 0.25) is 0 Å². The lowest BCUT2D eigenvalue weighted by atomic mass is 10.1. The number of hydrogen-bond donors (Lipinski definition) is 1. The highest BCUT2D eigenvalue weighted by Crippen LogP contribution is 2.23. The normalized spacial score (nSPS) is 15.2. The number of H-pyrrole nitrogens is 1. The van der Waals surface area contributed by atoms with Crippen molar-refractivity contribution in [1.29, 1.82) is 0 Å². The number of nitrogens with one attached hydrogen (secondary N) is 1. The van der Waals surface area contributed by atoms with E-state index in [-0.39, 0.29) is 11.7 Å². The van der Waals surface area contributed by atoms with Crippen molar-refractivity contribution in [2.75, 3.05) is 13.1 Å². The number of imidazole rings is 1. The number of carbonyl (C=O) groups is 1. The number of hydrogen-bond acceptors (Lipinski definition) is 2. The smallest absolute Gasteiger partial charge is 0.253 e. The molecule has 5 heteroatoms. The number of likely N-dealkylation sites (tertiary alicyclic amines) is 1. The van der Waals surface area contributed by atoms with E-state index in [1.807, 2.05) is 11.8 Å². The van der Waals surface area contributed by atoms with Crippen LogP contribution in [-0.4, -0.2) is 33.9 Å². The molecule has 0 radical (unpaired) electrons. The summed E-state index contributed by atoms with van der Waals surface area (Å²) in [6.07, 6.45) is 4.84. The van der Waals surface area contributed by atoms with Crippen molar-refractivity contribution in [1.82, 2.24) is 14.9 Å². The molecule has 2 heterocycles. The van der Waals surface area contributed by atoms with Crippen LogP contribution < -0.4 is 0 Å². The zero-order valence-electron chi connectivity index (χ0n) is 12.0. The van der Waals surface area contributed by atoms with Crippen LogP contribution in [0.3, 0.4) is 0 Å². The molecular weight excluding hydrogens is 269 g/mol. The summed E-state index contributed by atoms with van der Waals surface area (Å²) in [4.78, 5) is 21.4. The summed E-state index contributed by atoms with van der Waals surface area (Å²) >= 11 is 0. The quantitative estimate of drug-likeness (QED) is 0.922. The topological polar surface area (TPSA) is 49.0 Å². The second-order valence-corrected chi connectivity index (χ2v) is 5.43. The van der Waals surface area contributed by atoms with Crippen LogP contribution in [0.25, 0.3) is 11.3 Å². The second-order valence-electron chi connectivity index (χ2n) is 5.43. The van der Waals surface area contributed by atoms with Gasteiger partial charge >= 0.3 is 0 Å². The Hall–Kier alpha value is -2.17. The second kappa shape index (κ2) is 5.68. The number of halogens is 1. The highest BCUT2D eigenvalue weighted by atomic mass is 19.1. The van der Waals surface area contributed by atoms with Crippen LogP contribution in [0.5, 0.6) is 0 Å². The van der Waals surface area contributed by atoms with Gasteiger partial charge in [0.2, 0.25) is 0 Å². The van der Waals surface area contributed by atoms with Gasteiger partial charge in [0.25, 0.3) is 5.91 Å². The molecule has 1 amide bonds. The molecule has 0 aliphatic carbocycles. The van der Waals surface area contributed by atoms with Gasteiger partial charge in [-0.3, -0.25) is 4.79 Å². The Labute approximate surface area is 123 Å². The number of rotatable bonds is 2. The molecular formula is C16H18FN3O. The van der Waals surface area contributed by atoms with E-state index in [0.717, 1.165) is 31.8 Å². The molecule has 0 unspecified atom stereocenters. The first-order chi connectivity index (χ1) is 10.1. The maximum Gasteiger partial charge on any atom is 0.253 e. The van der Waals surface area contributed by atoms with Crippen LogP contribution in [0.4, 0.5) is 4.39 Å². The Morgan fingerprint density at radius 1 is 1.29 bits per heavy atom. The Morgan fingerprint density at radius 3 is 2.71 bits per heavy atom. The molecule has 0 saturated carbocycles. The molecule has 110 valence electrons. The molecule has 1 aliphatic heterocycles. The third kappa shape index (κ3) is 2.82. The number of piperidine rings is 1. The van der Waals surface area contributed by atoms with Crippen LogP contribution in [0.15, 0.2) is 24.4 Å². The number of benzene rings is 1. The van der Waals surface area contributed by atoms with Crippen LogP contribution in [0.1, 0.15) is 35.4 Å². The van der Waals surface area contributed by atoms with E-state index in [9.17, 15) is 9.18 Å². The summed E-state index contributed by atoms with van der Waals surface area (Å²) in [6, 6.07) is 4.51. The maximum absolute atomic E-state index is 14.0. The van der Waals surface area contributed by atoms with E-state index in [1.54, 1.807) is 18.3 Å². The fourth-order valence-corrected chi connectivity index (χ4v) is 2.70. The van der Waals surface area contributed by atoms with Gasteiger partial charge in [0.05, 0.1) is 11.9 Å². The van der Waals surface area contributed by atoms with Gasteiger partial charge in [0, 0.05) is 24.2 Å². The van der Waals surface area contributed by atoms with E-state index < -0.39 is 0 Å². The average molecular weight is 287 g/mol. The van der Waals surface area contributed by atoms with Crippen molar-refractivity contribution in [2.45, 2.75) is 26.2 Å². The SMILES string of the molecule is Cc1ncc(-c2cc(C(=O)N3CCCCC3)ccc2F)[nH]1.